The summed E-state index contributed by atoms with van der Waals surface area (Å²) >= 11 is 0. The van der Waals surface area contributed by atoms with E-state index in [2.05, 4.69) is 180 Å². The number of hydrogen-bond donors (Lipinski definition) is 0. The molecular weight excluding hydrogens is 833 g/mol. The van der Waals surface area contributed by atoms with Crippen LogP contribution < -0.4 is 9.80 Å². The van der Waals surface area contributed by atoms with Crippen LogP contribution in [0.25, 0.3) is 97.7 Å². The van der Waals surface area contributed by atoms with Gasteiger partial charge in [-0.2, -0.15) is 10.5 Å². The summed E-state index contributed by atoms with van der Waals surface area (Å²) < 4.78 is 13.7. The number of furan rings is 2. The van der Waals surface area contributed by atoms with Crippen molar-refractivity contribution in [2.24, 2.45) is 0 Å². The monoisotopic (exact) mass is 866 g/mol. The maximum atomic E-state index is 9.86. The van der Waals surface area contributed by atoms with Gasteiger partial charge in [0.15, 0.2) is 11.2 Å². The first-order valence-electron chi connectivity index (χ1n) is 22.6. The van der Waals surface area contributed by atoms with Crippen molar-refractivity contribution >= 4 is 132 Å². The molecule has 14 rings (SSSR count). The van der Waals surface area contributed by atoms with Gasteiger partial charge in [-0.1, -0.05) is 121 Å². The Hall–Kier alpha value is -9.62. The largest absolute Gasteiger partial charge is 0.454 e. The second-order valence-electron chi connectivity index (χ2n) is 17.4. The Morgan fingerprint density at radius 2 is 0.691 bits per heavy atom. The van der Waals surface area contributed by atoms with E-state index in [-0.39, 0.29) is 0 Å². The fraction of sp³-hybridized carbons (Fsp3) is 0. The van der Waals surface area contributed by atoms with Gasteiger partial charge in [0.25, 0.3) is 0 Å². The summed E-state index contributed by atoms with van der Waals surface area (Å²) in [5.74, 6) is 0. The Bertz CT molecular complexity index is 4190. The second kappa shape index (κ2) is 14.4. The molecular formula is C62H34N4O2. The Kier molecular flexibility index (Phi) is 8.01. The van der Waals surface area contributed by atoms with Crippen LogP contribution in [0.1, 0.15) is 11.1 Å². The maximum Gasteiger partial charge on any atom is 0.159 e. The molecule has 68 heavy (non-hydrogen) atoms. The normalized spacial score (nSPS) is 11.8. The number of nitrogens with zero attached hydrogens (tertiary/aromatic N) is 4. The molecule has 0 fully saturated rings. The van der Waals surface area contributed by atoms with Gasteiger partial charge in [-0.3, -0.25) is 0 Å². The fourth-order valence-corrected chi connectivity index (χ4v) is 10.8. The predicted octanol–water partition coefficient (Wildman–Crippen LogP) is 17.4. The van der Waals surface area contributed by atoms with Crippen LogP contribution in [0, 0.1) is 22.7 Å². The number of para-hydroxylation sites is 2. The van der Waals surface area contributed by atoms with Gasteiger partial charge in [0.2, 0.25) is 0 Å². The van der Waals surface area contributed by atoms with Crippen molar-refractivity contribution in [3.05, 3.63) is 217 Å². The van der Waals surface area contributed by atoms with E-state index in [1.54, 1.807) is 0 Å². The first kappa shape index (κ1) is 37.7. The molecule has 0 amide bonds. The highest BCUT2D eigenvalue weighted by Gasteiger charge is 2.26. The minimum atomic E-state index is 0.587. The lowest BCUT2D eigenvalue weighted by Gasteiger charge is -2.29. The summed E-state index contributed by atoms with van der Waals surface area (Å²) in [7, 11) is 0. The Morgan fingerprint density at radius 1 is 0.294 bits per heavy atom. The minimum absolute atomic E-state index is 0.587. The first-order valence-corrected chi connectivity index (χ1v) is 22.6. The third kappa shape index (κ3) is 5.43. The van der Waals surface area contributed by atoms with Gasteiger partial charge >= 0.3 is 0 Å². The van der Waals surface area contributed by atoms with Crippen LogP contribution in [-0.4, -0.2) is 0 Å². The highest BCUT2D eigenvalue weighted by molar-refractivity contribution is 6.29. The third-order valence-electron chi connectivity index (χ3n) is 13.8. The molecule has 12 aromatic carbocycles. The van der Waals surface area contributed by atoms with Gasteiger partial charge in [0.05, 0.1) is 46.0 Å². The molecule has 0 saturated heterocycles. The Balaban J connectivity index is 1.03. The lowest BCUT2D eigenvalue weighted by Crippen LogP contribution is -2.12. The van der Waals surface area contributed by atoms with Crippen molar-refractivity contribution in [3.8, 4) is 12.1 Å². The molecule has 0 radical (unpaired) electrons. The zero-order chi connectivity index (χ0) is 45.0. The van der Waals surface area contributed by atoms with Gasteiger partial charge in [-0.05, 0) is 128 Å². The minimum Gasteiger partial charge on any atom is -0.454 e. The maximum absolute atomic E-state index is 9.86. The van der Waals surface area contributed by atoms with Crippen LogP contribution >= 0.6 is 0 Å². The Morgan fingerprint density at radius 3 is 1.13 bits per heavy atom. The van der Waals surface area contributed by atoms with Crippen molar-refractivity contribution in [1.82, 2.24) is 0 Å². The molecule has 0 unspecified atom stereocenters. The number of fused-ring (bicyclic) bond motifs is 10. The van der Waals surface area contributed by atoms with E-state index < -0.39 is 0 Å². The van der Waals surface area contributed by atoms with Crippen molar-refractivity contribution in [1.29, 1.82) is 10.5 Å². The van der Waals surface area contributed by atoms with E-state index in [1.807, 2.05) is 48.5 Å². The first-order chi connectivity index (χ1) is 33.6. The van der Waals surface area contributed by atoms with Crippen molar-refractivity contribution in [2.75, 3.05) is 9.80 Å². The predicted molar refractivity (Wildman–Crippen MR) is 279 cm³/mol. The zero-order valence-electron chi connectivity index (χ0n) is 36.2. The van der Waals surface area contributed by atoms with Crippen molar-refractivity contribution < 1.29 is 8.83 Å². The van der Waals surface area contributed by atoms with Gasteiger partial charge in [0, 0.05) is 43.7 Å². The van der Waals surface area contributed by atoms with E-state index in [4.69, 9.17) is 8.83 Å². The van der Waals surface area contributed by atoms with Crippen LogP contribution in [-0.2, 0) is 0 Å². The Labute approximate surface area is 388 Å². The molecule has 0 aliphatic heterocycles. The summed E-state index contributed by atoms with van der Waals surface area (Å²) in [5.41, 5.74) is 9.91. The van der Waals surface area contributed by atoms with E-state index in [0.29, 0.717) is 11.1 Å². The molecule has 14 aromatic rings. The second-order valence-corrected chi connectivity index (χ2v) is 17.4. The zero-order valence-corrected chi connectivity index (χ0v) is 36.2. The molecule has 2 aromatic heterocycles. The summed E-state index contributed by atoms with van der Waals surface area (Å²) in [6.07, 6.45) is 0. The van der Waals surface area contributed by atoms with E-state index in [1.165, 1.54) is 0 Å². The lowest BCUT2D eigenvalue weighted by atomic mass is 9.91. The molecule has 2 heterocycles. The van der Waals surface area contributed by atoms with Crippen LogP contribution in [0.3, 0.4) is 0 Å². The lowest BCUT2D eigenvalue weighted by molar-refractivity contribution is 0.669. The number of rotatable bonds is 6. The van der Waals surface area contributed by atoms with Crippen molar-refractivity contribution in [2.45, 2.75) is 0 Å². The topological polar surface area (TPSA) is 80.3 Å². The molecule has 0 spiro atoms. The van der Waals surface area contributed by atoms with Gasteiger partial charge in [-0.15, -0.1) is 0 Å². The molecule has 314 valence electrons. The molecule has 0 N–H and O–H groups in total. The summed E-state index contributed by atoms with van der Waals surface area (Å²) in [5, 5.41) is 35.2. The number of nitriles is 2. The third-order valence-corrected chi connectivity index (χ3v) is 13.8. The average Bonchev–Trinajstić information content (AvgIpc) is 3.99. The molecule has 0 aliphatic rings. The van der Waals surface area contributed by atoms with Crippen LogP contribution in [0.15, 0.2) is 215 Å². The van der Waals surface area contributed by atoms with Crippen LogP contribution in [0.4, 0.5) is 34.1 Å². The number of benzene rings is 12. The van der Waals surface area contributed by atoms with Crippen LogP contribution in [0.2, 0.25) is 0 Å². The molecule has 0 aliphatic carbocycles. The highest BCUT2D eigenvalue weighted by Crippen LogP contribution is 2.51. The van der Waals surface area contributed by atoms with Gasteiger partial charge in [-0.25, -0.2) is 0 Å². The SMILES string of the molecule is N#Cc1ccc(N(c2ccc3ccc4c(N(c5ccc(C#N)cc5)c5cccc6c5oc5ccc7ccccc7c56)ccc5ccc2c3c54)c2cccc3c2oc2ccc4ccccc4c23)cc1. The van der Waals surface area contributed by atoms with Gasteiger partial charge < -0.3 is 18.6 Å². The quantitative estimate of drug-likeness (QED) is 0.155. The fourth-order valence-electron chi connectivity index (χ4n) is 10.8. The van der Waals surface area contributed by atoms with Gasteiger partial charge in [0.1, 0.15) is 11.2 Å². The molecule has 6 heteroatoms. The average molecular weight is 867 g/mol. The highest BCUT2D eigenvalue weighted by atomic mass is 16.3. The number of anilines is 6. The van der Waals surface area contributed by atoms with E-state index >= 15 is 0 Å². The molecule has 0 saturated carbocycles. The summed E-state index contributed by atoms with van der Waals surface area (Å²) in [6, 6.07) is 75.9. The molecule has 0 atom stereocenters. The standard InChI is InChI=1S/C62H34N4O2/c63-35-37-15-25-43(26-16-37)65(53-13-5-11-49-59-45-9-3-1-7-39(45)23-33-55(59)67-61(49)53)51-31-21-41-20-30-48-52(32-22-42-19-29-47(51)57(41)58(42)48)66(44-27-17-38(36-64)18-28-44)54-14-6-12-50-60-46-10-4-2-8-40(46)24-34-56(60)68-62(50)54/h1-34H. The summed E-state index contributed by atoms with van der Waals surface area (Å²) in [6.45, 7) is 0. The number of hydrogen-bond acceptors (Lipinski definition) is 6. The van der Waals surface area contributed by atoms with Crippen molar-refractivity contribution in [3.63, 3.8) is 0 Å². The summed E-state index contributed by atoms with van der Waals surface area (Å²) in [4.78, 5) is 4.55. The molecule has 0 bridgehead atoms. The van der Waals surface area contributed by atoms with E-state index in [0.717, 1.165) is 132 Å². The van der Waals surface area contributed by atoms with Crippen LogP contribution in [0.5, 0.6) is 0 Å². The van der Waals surface area contributed by atoms with E-state index in [9.17, 15) is 10.5 Å². The smallest absolute Gasteiger partial charge is 0.159 e. The molecule has 6 nitrogen and oxygen atoms in total.